The quantitative estimate of drug-likeness (QED) is 0.837. The Morgan fingerprint density at radius 1 is 1.00 bits per heavy atom. The molecule has 0 aliphatic carbocycles. The molecule has 2 fully saturated rings. The van der Waals surface area contributed by atoms with Gasteiger partial charge >= 0.3 is 0 Å². The van der Waals surface area contributed by atoms with Crippen molar-refractivity contribution in [2.24, 2.45) is 5.92 Å². The Hall–Kier alpha value is -2.70. The second-order valence-corrected chi connectivity index (χ2v) is 7.09. The van der Waals surface area contributed by atoms with Crippen molar-refractivity contribution in [1.82, 2.24) is 19.9 Å². The first-order valence-corrected chi connectivity index (χ1v) is 9.22. The highest BCUT2D eigenvalue weighted by molar-refractivity contribution is 5.95. The Bertz CT molecular complexity index is 760. The number of hydrogen-bond acceptors (Lipinski definition) is 6. The van der Waals surface area contributed by atoms with E-state index in [1.165, 1.54) is 6.42 Å². The van der Waals surface area contributed by atoms with Crippen molar-refractivity contribution in [3.8, 4) is 0 Å². The van der Waals surface area contributed by atoms with E-state index < -0.39 is 0 Å². The normalized spacial score (nSPS) is 20.5. The summed E-state index contributed by atoms with van der Waals surface area (Å²) in [7, 11) is 0. The molecule has 1 amide bonds. The standard InChI is InChI=1S/C19H24N6O/c1-15-3-7-25(14-15)17-12-16(2-4-21-17)19(26)24-10-8-23(9-11-24)18-13-20-5-6-22-18/h2,4-6,12-13,15H,3,7-11,14H2,1H3. The van der Waals surface area contributed by atoms with E-state index in [-0.39, 0.29) is 5.91 Å². The van der Waals surface area contributed by atoms with Crippen molar-refractivity contribution in [2.75, 3.05) is 49.1 Å². The van der Waals surface area contributed by atoms with Crippen molar-refractivity contribution in [1.29, 1.82) is 0 Å². The number of rotatable bonds is 3. The molecule has 4 heterocycles. The van der Waals surface area contributed by atoms with Crippen molar-refractivity contribution >= 4 is 17.5 Å². The molecule has 136 valence electrons. The third-order valence-electron chi connectivity index (χ3n) is 5.18. The fourth-order valence-electron chi connectivity index (χ4n) is 3.64. The highest BCUT2D eigenvalue weighted by Gasteiger charge is 2.25. The van der Waals surface area contributed by atoms with E-state index in [0.717, 1.165) is 43.4 Å². The minimum absolute atomic E-state index is 0.0830. The van der Waals surface area contributed by atoms with Crippen LogP contribution in [0.4, 0.5) is 11.6 Å². The van der Waals surface area contributed by atoms with Gasteiger partial charge in [0.1, 0.15) is 11.6 Å². The molecule has 0 radical (unpaired) electrons. The van der Waals surface area contributed by atoms with Crippen LogP contribution in [0.1, 0.15) is 23.7 Å². The summed E-state index contributed by atoms with van der Waals surface area (Å²) in [5.74, 6) is 2.55. The highest BCUT2D eigenvalue weighted by Crippen LogP contribution is 2.23. The van der Waals surface area contributed by atoms with Crippen molar-refractivity contribution in [2.45, 2.75) is 13.3 Å². The average molecular weight is 352 g/mol. The van der Waals surface area contributed by atoms with Crippen LogP contribution < -0.4 is 9.80 Å². The summed E-state index contributed by atoms with van der Waals surface area (Å²) in [5.41, 5.74) is 0.725. The zero-order valence-electron chi connectivity index (χ0n) is 15.1. The monoisotopic (exact) mass is 352 g/mol. The lowest BCUT2D eigenvalue weighted by Gasteiger charge is -2.35. The number of piperazine rings is 1. The maximum Gasteiger partial charge on any atom is 0.254 e. The number of anilines is 2. The van der Waals surface area contributed by atoms with Gasteiger partial charge in [0.05, 0.1) is 6.20 Å². The summed E-state index contributed by atoms with van der Waals surface area (Å²) in [6.45, 7) is 7.20. The van der Waals surface area contributed by atoms with Crippen molar-refractivity contribution < 1.29 is 4.79 Å². The summed E-state index contributed by atoms with van der Waals surface area (Å²) in [4.78, 5) is 32.2. The maximum atomic E-state index is 12.9. The van der Waals surface area contributed by atoms with E-state index in [1.807, 2.05) is 17.0 Å². The zero-order valence-corrected chi connectivity index (χ0v) is 15.1. The van der Waals surface area contributed by atoms with Crippen molar-refractivity contribution in [3.63, 3.8) is 0 Å². The number of pyridine rings is 1. The van der Waals surface area contributed by atoms with Crippen LogP contribution in [0, 0.1) is 5.92 Å². The first-order chi connectivity index (χ1) is 12.7. The minimum atomic E-state index is 0.0830. The van der Waals surface area contributed by atoms with Gasteiger partial charge in [-0.25, -0.2) is 9.97 Å². The largest absolute Gasteiger partial charge is 0.356 e. The highest BCUT2D eigenvalue weighted by atomic mass is 16.2. The molecular formula is C19H24N6O. The summed E-state index contributed by atoms with van der Waals surface area (Å²) in [6.07, 6.45) is 8.07. The Kier molecular flexibility index (Phi) is 4.69. The number of carbonyl (C=O) groups excluding carboxylic acids is 1. The number of carbonyl (C=O) groups is 1. The lowest BCUT2D eigenvalue weighted by atomic mass is 10.2. The minimum Gasteiger partial charge on any atom is -0.356 e. The fourth-order valence-corrected chi connectivity index (χ4v) is 3.64. The molecule has 0 spiro atoms. The Morgan fingerprint density at radius 3 is 2.50 bits per heavy atom. The molecule has 2 saturated heterocycles. The summed E-state index contributed by atoms with van der Waals surface area (Å²) < 4.78 is 0. The molecule has 1 unspecified atom stereocenters. The van der Waals surface area contributed by atoms with E-state index in [9.17, 15) is 4.79 Å². The average Bonchev–Trinajstić information content (AvgIpc) is 3.15. The predicted molar refractivity (Wildman–Crippen MR) is 100 cm³/mol. The molecule has 26 heavy (non-hydrogen) atoms. The van der Waals surface area contributed by atoms with Gasteiger partial charge in [0.25, 0.3) is 5.91 Å². The van der Waals surface area contributed by atoms with Gasteiger partial charge in [-0.05, 0) is 24.5 Å². The first-order valence-electron chi connectivity index (χ1n) is 9.22. The fraction of sp³-hybridized carbons (Fsp3) is 0.474. The number of amides is 1. The maximum absolute atomic E-state index is 12.9. The van der Waals surface area contributed by atoms with Gasteiger partial charge in [-0.1, -0.05) is 6.92 Å². The van der Waals surface area contributed by atoms with Crippen LogP contribution in [0.3, 0.4) is 0 Å². The molecule has 2 aliphatic rings. The van der Waals surface area contributed by atoms with Gasteiger partial charge in [0.15, 0.2) is 0 Å². The van der Waals surface area contributed by atoms with Crippen LogP contribution in [0.5, 0.6) is 0 Å². The van der Waals surface area contributed by atoms with Crippen LogP contribution in [0.25, 0.3) is 0 Å². The molecule has 2 aromatic heterocycles. The second kappa shape index (κ2) is 7.27. The summed E-state index contributed by atoms with van der Waals surface area (Å²) in [5, 5.41) is 0. The Labute approximate surface area is 153 Å². The van der Waals surface area contributed by atoms with E-state index in [0.29, 0.717) is 19.0 Å². The second-order valence-electron chi connectivity index (χ2n) is 7.09. The van der Waals surface area contributed by atoms with E-state index in [2.05, 4.69) is 31.7 Å². The lowest BCUT2D eigenvalue weighted by molar-refractivity contribution is 0.0746. The lowest BCUT2D eigenvalue weighted by Crippen LogP contribution is -2.49. The van der Waals surface area contributed by atoms with Crippen LogP contribution >= 0.6 is 0 Å². The first kappa shape index (κ1) is 16.8. The zero-order chi connectivity index (χ0) is 17.9. The third-order valence-corrected chi connectivity index (χ3v) is 5.18. The molecule has 0 bridgehead atoms. The molecule has 1 atom stereocenters. The van der Waals surface area contributed by atoms with Crippen LogP contribution in [0.2, 0.25) is 0 Å². The van der Waals surface area contributed by atoms with E-state index in [4.69, 9.17) is 0 Å². The third kappa shape index (κ3) is 3.47. The van der Waals surface area contributed by atoms with Gasteiger partial charge in [0, 0.05) is 63.4 Å². The molecule has 7 heteroatoms. The number of nitrogens with zero attached hydrogens (tertiary/aromatic N) is 6. The predicted octanol–water partition coefficient (Wildman–Crippen LogP) is 1.68. The van der Waals surface area contributed by atoms with Gasteiger partial charge < -0.3 is 14.7 Å². The van der Waals surface area contributed by atoms with Gasteiger partial charge in [0.2, 0.25) is 0 Å². The SMILES string of the molecule is CC1CCN(c2cc(C(=O)N3CCN(c4cnccn4)CC3)ccn2)C1. The smallest absolute Gasteiger partial charge is 0.254 e. The molecule has 7 nitrogen and oxygen atoms in total. The topological polar surface area (TPSA) is 65.5 Å². The molecule has 2 aromatic rings. The molecule has 0 saturated carbocycles. The Balaban J connectivity index is 1.41. The van der Waals surface area contributed by atoms with Crippen LogP contribution in [-0.2, 0) is 0 Å². The molecule has 0 aromatic carbocycles. The number of hydrogen-bond donors (Lipinski definition) is 0. The van der Waals surface area contributed by atoms with Gasteiger partial charge in [-0.2, -0.15) is 0 Å². The summed E-state index contributed by atoms with van der Waals surface area (Å²) in [6, 6.07) is 3.76. The molecular weight excluding hydrogens is 328 g/mol. The van der Waals surface area contributed by atoms with E-state index >= 15 is 0 Å². The van der Waals surface area contributed by atoms with Gasteiger partial charge in [-0.15, -0.1) is 0 Å². The molecule has 0 N–H and O–H groups in total. The van der Waals surface area contributed by atoms with Gasteiger partial charge in [-0.3, -0.25) is 9.78 Å². The van der Waals surface area contributed by atoms with Crippen LogP contribution in [0.15, 0.2) is 36.9 Å². The van der Waals surface area contributed by atoms with Crippen LogP contribution in [-0.4, -0.2) is 65.0 Å². The Morgan fingerprint density at radius 2 is 1.81 bits per heavy atom. The number of aromatic nitrogens is 3. The van der Waals surface area contributed by atoms with Crippen molar-refractivity contribution in [3.05, 3.63) is 42.5 Å². The summed E-state index contributed by atoms with van der Waals surface area (Å²) >= 11 is 0. The molecule has 2 aliphatic heterocycles. The molecule has 4 rings (SSSR count). The van der Waals surface area contributed by atoms with E-state index in [1.54, 1.807) is 24.8 Å².